The highest BCUT2D eigenvalue weighted by Gasteiger charge is 2.53. The third-order valence-corrected chi connectivity index (χ3v) is 7.17. The first-order valence-corrected chi connectivity index (χ1v) is 13.0. The number of carbonyl (C=O) groups excluding carboxylic acids is 3. The summed E-state index contributed by atoms with van der Waals surface area (Å²) in [6, 6.07) is -0.547. The molecule has 10 nitrogen and oxygen atoms in total. The molecule has 3 saturated heterocycles. The van der Waals surface area contributed by atoms with Gasteiger partial charge in [-0.3, -0.25) is 19.2 Å². The van der Waals surface area contributed by atoms with Crippen molar-refractivity contribution in [2.24, 2.45) is 11.8 Å². The first-order valence-electron chi connectivity index (χ1n) is 13.0. The summed E-state index contributed by atoms with van der Waals surface area (Å²) in [5.41, 5.74) is 0. The summed E-state index contributed by atoms with van der Waals surface area (Å²) in [5.74, 6) is 0.0366. The third-order valence-electron chi connectivity index (χ3n) is 7.17. The second-order valence-electron chi connectivity index (χ2n) is 11.0. The molecule has 0 bridgehead atoms. The highest BCUT2D eigenvalue weighted by molar-refractivity contribution is 5.95. The summed E-state index contributed by atoms with van der Waals surface area (Å²) in [7, 11) is 2.08. The molecule has 10 heteroatoms. The normalized spacial score (nSPS) is 26.5. The Morgan fingerprint density at radius 3 is 2.42 bits per heavy atom. The lowest BCUT2D eigenvalue weighted by atomic mass is 9.93. The van der Waals surface area contributed by atoms with Crippen molar-refractivity contribution in [2.45, 2.75) is 77.7 Å². The van der Waals surface area contributed by atoms with Crippen LogP contribution >= 0.6 is 0 Å². The molecule has 4 rings (SSSR count). The number of carbonyl (C=O) groups is 3. The number of rotatable bonds is 7. The fraction of sp³-hybridized carbons (Fsp3) is 0.692. The van der Waals surface area contributed by atoms with Crippen molar-refractivity contribution in [3.8, 4) is 0 Å². The monoisotopic (exact) mass is 501 g/mol. The van der Waals surface area contributed by atoms with Crippen molar-refractivity contribution in [3.63, 3.8) is 0 Å². The second kappa shape index (κ2) is 11.1. The number of piperidine rings is 1. The van der Waals surface area contributed by atoms with Crippen LogP contribution in [0.3, 0.4) is 0 Å². The molecule has 3 atom stereocenters. The number of hydroxylamine groups is 2. The molecular formula is C26H39N5O5. The van der Waals surface area contributed by atoms with Crippen molar-refractivity contribution in [1.29, 1.82) is 0 Å². The van der Waals surface area contributed by atoms with Crippen LogP contribution in [0.4, 0.5) is 0 Å². The van der Waals surface area contributed by atoms with Gasteiger partial charge in [-0.15, -0.1) is 0 Å². The predicted octanol–water partition coefficient (Wildman–Crippen LogP) is 2.38. The van der Waals surface area contributed by atoms with E-state index in [2.05, 4.69) is 30.8 Å². The minimum absolute atomic E-state index is 0.0178. The lowest BCUT2D eigenvalue weighted by Gasteiger charge is -2.55. The summed E-state index contributed by atoms with van der Waals surface area (Å²) < 4.78 is 5.22. The first-order chi connectivity index (χ1) is 17.2. The van der Waals surface area contributed by atoms with E-state index in [1.54, 1.807) is 4.90 Å². The van der Waals surface area contributed by atoms with E-state index in [-0.39, 0.29) is 36.2 Å². The van der Waals surface area contributed by atoms with Crippen LogP contribution in [-0.2, 0) is 19.2 Å². The quantitative estimate of drug-likeness (QED) is 0.529. The molecule has 0 radical (unpaired) electrons. The zero-order valence-electron chi connectivity index (χ0n) is 22.0. The molecule has 3 aliphatic heterocycles. The molecule has 0 saturated carbocycles. The fourth-order valence-electron chi connectivity index (χ4n) is 5.38. The van der Waals surface area contributed by atoms with Gasteiger partial charge in [0.2, 0.25) is 11.8 Å². The number of fused-ring (bicyclic) bond motifs is 1. The van der Waals surface area contributed by atoms with Crippen molar-refractivity contribution in [3.05, 3.63) is 24.4 Å². The predicted molar refractivity (Wildman–Crippen MR) is 133 cm³/mol. The van der Waals surface area contributed by atoms with E-state index < -0.39 is 24.2 Å². The van der Waals surface area contributed by atoms with E-state index in [9.17, 15) is 14.4 Å². The van der Waals surface area contributed by atoms with E-state index >= 15 is 0 Å². The SMILES string of the molecule is CC(C)C[C@H]1ON(C(=O)/C=C/c2ncco2)[C@H]2CN(C3CCN(C)CC3)C(=O)[C@H](CC(C)C)N2C1=O. The molecule has 1 aromatic rings. The number of amides is 3. The Labute approximate surface area is 213 Å². The van der Waals surface area contributed by atoms with Gasteiger partial charge in [0.15, 0.2) is 12.3 Å². The van der Waals surface area contributed by atoms with Gasteiger partial charge in [-0.05, 0) is 57.7 Å². The molecule has 0 aromatic carbocycles. The Kier molecular flexibility index (Phi) is 8.14. The van der Waals surface area contributed by atoms with Gasteiger partial charge >= 0.3 is 0 Å². The second-order valence-corrected chi connectivity index (χ2v) is 11.0. The van der Waals surface area contributed by atoms with Crippen LogP contribution in [0.2, 0.25) is 0 Å². The smallest absolute Gasteiger partial charge is 0.272 e. The molecule has 3 fully saturated rings. The highest BCUT2D eigenvalue weighted by Crippen LogP contribution is 2.34. The van der Waals surface area contributed by atoms with E-state index in [1.807, 2.05) is 18.7 Å². The molecule has 3 aliphatic rings. The molecular weight excluding hydrogens is 462 g/mol. The van der Waals surface area contributed by atoms with Gasteiger partial charge in [-0.1, -0.05) is 27.7 Å². The summed E-state index contributed by atoms with van der Waals surface area (Å²) in [6.07, 6.45) is 6.98. The Morgan fingerprint density at radius 1 is 1.11 bits per heavy atom. The molecule has 1 aromatic heterocycles. The van der Waals surface area contributed by atoms with Gasteiger partial charge in [0, 0.05) is 18.2 Å². The van der Waals surface area contributed by atoms with Crippen molar-refractivity contribution < 1.29 is 23.6 Å². The number of hydrogen-bond donors (Lipinski definition) is 0. The standard InChI is InChI=1S/C26H39N5O5/c1-17(2)14-20-25(33)29(19-8-11-28(5)12-9-19)16-23-30(20)26(34)21(15-18(3)4)36-31(23)24(32)7-6-22-27-10-13-35-22/h6-7,10,13,17-21,23H,8-9,11-12,14-16H2,1-5H3/b7-6+/t20-,21+,23-/m0/s1. The van der Waals surface area contributed by atoms with E-state index in [0.29, 0.717) is 18.7 Å². The fourth-order valence-corrected chi connectivity index (χ4v) is 5.38. The van der Waals surface area contributed by atoms with Crippen molar-refractivity contribution in [2.75, 3.05) is 26.7 Å². The highest BCUT2D eigenvalue weighted by atomic mass is 16.7. The average Bonchev–Trinajstić information content (AvgIpc) is 3.34. The van der Waals surface area contributed by atoms with E-state index in [0.717, 1.165) is 25.9 Å². The Bertz CT molecular complexity index is 954. The van der Waals surface area contributed by atoms with Gasteiger partial charge in [0.1, 0.15) is 12.3 Å². The number of hydrogen-bond acceptors (Lipinski definition) is 7. The van der Waals surface area contributed by atoms with Gasteiger partial charge < -0.3 is 19.1 Å². The lowest BCUT2D eigenvalue weighted by Crippen LogP contribution is -2.74. The molecule has 0 spiro atoms. The van der Waals surface area contributed by atoms with E-state index in [1.165, 1.54) is 29.7 Å². The topological polar surface area (TPSA) is 99.4 Å². The average molecular weight is 502 g/mol. The number of likely N-dealkylation sites (tertiary alicyclic amines) is 1. The molecule has 0 unspecified atom stereocenters. The van der Waals surface area contributed by atoms with Crippen LogP contribution in [0.5, 0.6) is 0 Å². The van der Waals surface area contributed by atoms with Gasteiger partial charge in [-0.2, -0.15) is 5.06 Å². The summed E-state index contributed by atoms with van der Waals surface area (Å²) in [5, 5.41) is 1.30. The summed E-state index contributed by atoms with van der Waals surface area (Å²) in [6.45, 7) is 10.2. The third kappa shape index (κ3) is 5.64. The van der Waals surface area contributed by atoms with Crippen molar-refractivity contribution in [1.82, 2.24) is 24.7 Å². The zero-order valence-corrected chi connectivity index (χ0v) is 22.0. The van der Waals surface area contributed by atoms with Crippen LogP contribution in [0.25, 0.3) is 6.08 Å². The Hall–Kier alpha value is -2.72. The molecule has 4 heterocycles. The molecule has 3 amide bonds. The number of nitrogens with zero attached hydrogens (tertiary/aromatic N) is 5. The maximum absolute atomic E-state index is 13.9. The first kappa shape index (κ1) is 26.3. The Balaban J connectivity index is 1.68. The van der Waals surface area contributed by atoms with Crippen LogP contribution in [0, 0.1) is 11.8 Å². The maximum Gasteiger partial charge on any atom is 0.272 e. The molecule has 0 aliphatic carbocycles. The van der Waals surface area contributed by atoms with Crippen LogP contribution in [-0.4, -0.2) is 93.5 Å². The molecule has 36 heavy (non-hydrogen) atoms. The Morgan fingerprint density at radius 2 is 1.81 bits per heavy atom. The van der Waals surface area contributed by atoms with Crippen LogP contribution < -0.4 is 0 Å². The minimum atomic E-state index is -0.822. The summed E-state index contributed by atoms with van der Waals surface area (Å²) in [4.78, 5) is 56.9. The van der Waals surface area contributed by atoms with E-state index in [4.69, 9.17) is 9.25 Å². The molecule has 198 valence electrons. The zero-order chi connectivity index (χ0) is 26.0. The number of piperazine rings is 1. The van der Waals surface area contributed by atoms with Crippen molar-refractivity contribution >= 4 is 23.8 Å². The van der Waals surface area contributed by atoms with Crippen LogP contribution in [0.1, 0.15) is 59.3 Å². The molecule has 0 N–H and O–H groups in total. The summed E-state index contributed by atoms with van der Waals surface area (Å²) >= 11 is 0. The van der Waals surface area contributed by atoms with Crippen LogP contribution in [0.15, 0.2) is 23.0 Å². The largest absolute Gasteiger partial charge is 0.445 e. The minimum Gasteiger partial charge on any atom is -0.445 e. The van der Waals surface area contributed by atoms with Gasteiger partial charge in [0.25, 0.3) is 11.8 Å². The number of oxazole rings is 1. The van der Waals surface area contributed by atoms with Gasteiger partial charge in [-0.25, -0.2) is 4.98 Å². The lowest BCUT2D eigenvalue weighted by molar-refractivity contribution is -0.275. The number of aromatic nitrogens is 1. The maximum atomic E-state index is 13.9. The van der Waals surface area contributed by atoms with Gasteiger partial charge in [0.05, 0.1) is 12.7 Å².